The van der Waals surface area contributed by atoms with Crippen LogP contribution in [0.1, 0.15) is 96.9 Å². The molecule has 3 aliphatic heterocycles. The molecule has 0 unspecified atom stereocenters. The summed E-state index contributed by atoms with van der Waals surface area (Å²) in [5.74, 6) is 0. The zero-order valence-electron chi connectivity index (χ0n) is 67.4. The minimum absolute atomic E-state index is 0.0335. The molecule has 5 heterocycles. The van der Waals surface area contributed by atoms with E-state index in [-0.39, 0.29) is 54.4 Å². The van der Waals surface area contributed by atoms with E-state index in [1.54, 1.807) is 9.13 Å². The van der Waals surface area contributed by atoms with Crippen LogP contribution in [0.15, 0.2) is 297 Å². The number of aromatic nitrogens is 2. The van der Waals surface area contributed by atoms with E-state index in [0.717, 1.165) is 100 Å². The fraction of sp³-hybridized carbons (Fsp3) is 0.103. The van der Waals surface area contributed by atoms with Gasteiger partial charge >= 0.3 is 0 Å². The Hall–Kier alpha value is -10.9. The molecule has 0 fully saturated rings. The van der Waals surface area contributed by atoms with Crippen LogP contribution in [-0.2, 0) is 16.2 Å². The summed E-state index contributed by atoms with van der Waals surface area (Å²) in [5, 5.41) is -0.239. The molecular weight excluding hydrogens is 1110 g/mol. The zero-order chi connectivity index (χ0) is 75.7. The van der Waals surface area contributed by atoms with Crippen molar-refractivity contribution in [2.45, 2.75) is 57.8 Å². The van der Waals surface area contributed by atoms with Crippen molar-refractivity contribution in [1.29, 1.82) is 0 Å². The van der Waals surface area contributed by atoms with E-state index < -0.39 is 109 Å². The Kier molecular flexibility index (Phi) is 8.72. The van der Waals surface area contributed by atoms with Crippen LogP contribution in [0, 0.1) is 0 Å². The second-order valence-electron chi connectivity index (χ2n) is 26.4. The first kappa shape index (κ1) is 40.0. The highest BCUT2D eigenvalue weighted by atomic mass is 15.2. The van der Waals surface area contributed by atoms with E-state index >= 15 is 0 Å². The fourth-order valence-corrected chi connectivity index (χ4v) is 15.2. The second kappa shape index (κ2) is 20.1. The van der Waals surface area contributed by atoms with Gasteiger partial charge in [0, 0.05) is 55.5 Å². The first-order valence-corrected chi connectivity index (χ1v) is 31.2. The van der Waals surface area contributed by atoms with Crippen molar-refractivity contribution < 1.29 is 21.9 Å². The van der Waals surface area contributed by atoms with Gasteiger partial charge < -0.3 is 18.9 Å². The van der Waals surface area contributed by atoms with Crippen LogP contribution in [0.2, 0.25) is 0 Å². The van der Waals surface area contributed by atoms with Crippen LogP contribution >= 0.6 is 0 Å². The molecule has 0 bridgehead atoms. The van der Waals surface area contributed by atoms with Crippen molar-refractivity contribution in [3.63, 3.8) is 0 Å². The summed E-state index contributed by atoms with van der Waals surface area (Å²) in [7, 11) is 0. The molecule has 0 saturated carbocycles. The maximum absolute atomic E-state index is 9.82. The van der Waals surface area contributed by atoms with Crippen LogP contribution in [0.4, 0.5) is 34.1 Å². The normalized spacial score (nSPS) is 16.2. The predicted octanol–water partition coefficient (Wildman–Crippen LogP) is 20.6. The van der Waals surface area contributed by atoms with Gasteiger partial charge in [-0.2, -0.15) is 0 Å². The number of anilines is 6. The first-order valence-electron chi connectivity index (χ1n) is 39.2. The number of hydrogen-bond acceptors (Lipinski definition) is 2. The van der Waals surface area contributed by atoms with E-state index in [4.69, 9.17) is 5.48 Å². The van der Waals surface area contributed by atoms with E-state index in [1.165, 1.54) is 0 Å². The minimum atomic E-state index is -1.36. The number of benzene rings is 13. The van der Waals surface area contributed by atoms with Crippen LogP contribution in [0.25, 0.3) is 77.2 Å². The summed E-state index contributed by atoms with van der Waals surface area (Å²) in [6, 6.07) is 60.9. The Morgan fingerprint density at radius 2 is 0.815 bits per heavy atom. The average molecular weight is 1200 g/mol. The van der Waals surface area contributed by atoms with Crippen LogP contribution in [0.3, 0.4) is 0 Å². The molecule has 0 radical (unpaired) electrons. The van der Waals surface area contributed by atoms with Crippen molar-refractivity contribution in [2.24, 2.45) is 0 Å². The van der Waals surface area contributed by atoms with Crippen molar-refractivity contribution in [3.8, 4) is 33.6 Å². The van der Waals surface area contributed by atoms with Crippen molar-refractivity contribution in [2.75, 3.05) is 9.80 Å². The van der Waals surface area contributed by atoms with Gasteiger partial charge in [-0.1, -0.05) is 247 Å². The SMILES string of the molecule is [2H]c1c([2H])c([2H])c2c(c1[2H])c1c([2H])c([2H])c([2H])c([2H])c1n2-c1ccc2c(c1)N(c1ccc(C(C)(C)C)cc1-c1ccccc1)c1cc(-c3ccc(C(C)(C)C)cc3)cc3c1B2c1ccc(-n2c4c([2H])c([2H])c([2H])c([2H])c4c4c([2H])c([2H])c([2H])c([2H])c42)cc1C31c2ccccc2N(c2ccccc2)c2ccccc21. The van der Waals surface area contributed by atoms with E-state index in [0.29, 0.717) is 17.1 Å². The third-order valence-corrected chi connectivity index (χ3v) is 19.4. The molecule has 15 aromatic rings. The summed E-state index contributed by atoms with van der Waals surface area (Å²) in [5.41, 5.74) is 15.0. The van der Waals surface area contributed by atoms with Gasteiger partial charge in [0.1, 0.15) is 0 Å². The molecule has 92 heavy (non-hydrogen) atoms. The molecule has 438 valence electrons. The molecular formula is C87H67BN4. The minimum Gasteiger partial charge on any atom is -0.311 e. The second-order valence-corrected chi connectivity index (χ2v) is 26.4. The van der Waals surface area contributed by atoms with E-state index in [2.05, 4.69) is 167 Å². The van der Waals surface area contributed by atoms with Crippen molar-refractivity contribution in [1.82, 2.24) is 9.13 Å². The standard InChI is InChI=1S/C87H67BN4/c1-85(2,3)59-43-41-56(42-44-59)58-51-72-84-83(52-58)92(79-50-45-60(86(4,5)6)53-68(79)57-25-9-7-10-26-57)82-55-63(91-77-37-21-15-31-66(77)67-32-16-22-38-78(67)91)47-49-74(82)88(84)73-48-46-62(90-75-35-19-13-29-64(75)65-30-14-20-36-76(65)90)54-71(73)87(72)69-33-17-23-39-80(69)89(61-27-11-8-12-28-61)81-40-24-18-34-70(81)87/h7-55H,1-6H3/i13D,14D,15D,16D,19D,20D,21D,22D,29D,30D,31D,32D,35D,36D,37D,38D. The largest absolute Gasteiger partial charge is 0.311 e. The molecule has 13 aromatic carbocycles. The van der Waals surface area contributed by atoms with Gasteiger partial charge in [0.2, 0.25) is 6.71 Å². The molecule has 0 amide bonds. The molecule has 0 N–H and O–H groups in total. The number of rotatable bonds is 6. The Bertz CT molecular complexity index is 6300. The molecule has 0 aliphatic carbocycles. The summed E-state index contributed by atoms with van der Waals surface area (Å²) in [4.78, 5) is 4.59. The summed E-state index contributed by atoms with van der Waals surface area (Å²) in [6.45, 7) is 12.4. The van der Waals surface area contributed by atoms with Crippen LogP contribution < -0.4 is 26.2 Å². The van der Waals surface area contributed by atoms with Crippen LogP contribution in [0.5, 0.6) is 0 Å². The highest BCUT2D eigenvalue weighted by molar-refractivity contribution is 6.99. The number of hydrogen-bond donors (Lipinski definition) is 0. The maximum Gasteiger partial charge on any atom is 0.247 e. The van der Waals surface area contributed by atoms with E-state index in [9.17, 15) is 16.4 Å². The molecule has 4 nitrogen and oxygen atoms in total. The summed E-state index contributed by atoms with van der Waals surface area (Å²) in [6.07, 6.45) is 0. The molecule has 1 spiro atoms. The monoisotopic (exact) mass is 1190 g/mol. The summed E-state index contributed by atoms with van der Waals surface area (Å²) >= 11 is 0. The van der Waals surface area contributed by atoms with Gasteiger partial charge in [0.25, 0.3) is 0 Å². The molecule has 0 atom stereocenters. The summed E-state index contributed by atoms with van der Waals surface area (Å²) < 4.78 is 153. The average Bonchev–Trinajstić information content (AvgIpc) is 0.784. The smallest absolute Gasteiger partial charge is 0.247 e. The Balaban J connectivity index is 1.06. The molecule has 2 aromatic heterocycles. The van der Waals surface area contributed by atoms with Crippen molar-refractivity contribution in [3.05, 3.63) is 330 Å². The van der Waals surface area contributed by atoms with Gasteiger partial charge in [-0.25, -0.2) is 0 Å². The number of nitrogens with zero attached hydrogens (tertiary/aromatic N) is 4. The molecule has 18 rings (SSSR count). The lowest BCUT2D eigenvalue weighted by Gasteiger charge is -2.52. The Morgan fingerprint density at radius 1 is 0.326 bits per heavy atom. The fourth-order valence-electron chi connectivity index (χ4n) is 15.2. The van der Waals surface area contributed by atoms with Gasteiger partial charge in [0.15, 0.2) is 0 Å². The number of para-hydroxylation sites is 7. The third-order valence-electron chi connectivity index (χ3n) is 19.4. The Morgan fingerprint density at radius 3 is 1.37 bits per heavy atom. The maximum atomic E-state index is 9.82. The zero-order valence-corrected chi connectivity index (χ0v) is 51.4. The lowest BCUT2D eigenvalue weighted by molar-refractivity contribution is 0.590. The molecule has 3 aliphatic rings. The molecule has 0 saturated heterocycles. The quantitative estimate of drug-likeness (QED) is 0.154. The van der Waals surface area contributed by atoms with Crippen molar-refractivity contribution >= 4 is 101 Å². The lowest BCUT2D eigenvalue weighted by atomic mass is 9.29. The lowest BCUT2D eigenvalue weighted by Crippen LogP contribution is -2.65. The van der Waals surface area contributed by atoms with Gasteiger partial charge in [-0.3, -0.25) is 0 Å². The molecule has 5 heteroatoms. The highest BCUT2D eigenvalue weighted by Crippen LogP contribution is 2.60. The van der Waals surface area contributed by atoms with E-state index in [1.807, 2.05) is 84.9 Å². The van der Waals surface area contributed by atoms with Gasteiger partial charge in [-0.15, -0.1) is 0 Å². The van der Waals surface area contributed by atoms with Gasteiger partial charge in [-0.05, 0) is 169 Å². The van der Waals surface area contributed by atoms with Crippen LogP contribution in [-0.4, -0.2) is 15.8 Å². The first-order chi connectivity index (χ1) is 51.6. The highest BCUT2D eigenvalue weighted by Gasteiger charge is 2.55. The topological polar surface area (TPSA) is 16.3 Å². The Labute approximate surface area is 561 Å². The number of fused-ring (bicyclic) bond motifs is 16. The van der Waals surface area contributed by atoms with Gasteiger partial charge in [0.05, 0.1) is 66.5 Å². The third kappa shape index (κ3) is 7.84. The predicted molar refractivity (Wildman–Crippen MR) is 389 cm³/mol.